The van der Waals surface area contributed by atoms with Crippen molar-refractivity contribution < 1.29 is 14.3 Å². The Labute approximate surface area is 143 Å². The number of aromatic carboxylic acids is 1. The summed E-state index contributed by atoms with van der Waals surface area (Å²) in [6.45, 7) is 0. The molecule has 2 unspecified atom stereocenters. The van der Waals surface area contributed by atoms with E-state index in [-0.39, 0.29) is 29.0 Å². The van der Waals surface area contributed by atoms with Gasteiger partial charge in [-0.2, -0.15) is 0 Å². The van der Waals surface area contributed by atoms with Gasteiger partial charge >= 0.3 is 5.97 Å². The molecule has 0 aliphatic heterocycles. The van der Waals surface area contributed by atoms with Crippen LogP contribution < -0.4 is 11.2 Å². The van der Waals surface area contributed by atoms with Gasteiger partial charge in [0.2, 0.25) is 5.43 Å². The molecule has 0 amide bonds. The maximum Gasteiger partial charge on any atom is 0.341 e. The highest BCUT2D eigenvalue weighted by atomic mass is 19.1. The van der Waals surface area contributed by atoms with E-state index in [9.17, 15) is 19.1 Å². The molecule has 7 heteroatoms. The number of hydrogen-bond acceptors (Lipinski definition) is 4. The Balaban J connectivity index is 1.95. The molecule has 6 nitrogen and oxygen atoms in total. The molecule has 2 fully saturated rings. The molecule has 2 saturated carbocycles. The summed E-state index contributed by atoms with van der Waals surface area (Å²) < 4.78 is 16.4. The average Bonchev–Trinajstić information content (AvgIpc) is 3.40. The molecule has 25 heavy (non-hydrogen) atoms. The van der Waals surface area contributed by atoms with Gasteiger partial charge in [0.05, 0.1) is 11.1 Å². The van der Waals surface area contributed by atoms with E-state index < -0.39 is 17.2 Å². The van der Waals surface area contributed by atoms with E-state index in [0.29, 0.717) is 11.3 Å². The maximum absolute atomic E-state index is 14.7. The van der Waals surface area contributed by atoms with Crippen molar-refractivity contribution in [3.63, 3.8) is 0 Å². The molecule has 2 aromatic heterocycles. The molecular formula is C18H20FN3O3. The van der Waals surface area contributed by atoms with Gasteiger partial charge < -0.3 is 15.4 Å². The number of carbonyl (C=O) groups is 1. The second-order valence-electron chi connectivity index (χ2n) is 7.10. The van der Waals surface area contributed by atoms with Gasteiger partial charge in [0.25, 0.3) is 0 Å². The fourth-order valence-electron chi connectivity index (χ4n) is 3.80. The summed E-state index contributed by atoms with van der Waals surface area (Å²) in [5.74, 6) is -2.04. The van der Waals surface area contributed by atoms with Crippen molar-refractivity contribution in [1.29, 1.82) is 0 Å². The molecule has 3 N–H and O–H groups in total. The van der Waals surface area contributed by atoms with Crippen LogP contribution >= 0.6 is 0 Å². The molecule has 2 aromatic rings. The Kier molecular flexibility index (Phi) is 3.83. The number of carboxylic acids is 1. The topological polar surface area (TPSA) is 98.2 Å². The van der Waals surface area contributed by atoms with Crippen LogP contribution in [0.3, 0.4) is 0 Å². The number of rotatable bonds is 3. The Morgan fingerprint density at radius 2 is 2.00 bits per heavy atom. The van der Waals surface area contributed by atoms with E-state index in [0.717, 1.165) is 44.6 Å². The third-order valence-corrected chi connectivity index (χ3v) is 5.33. The minimum absolute atomic E-state index is 0.0254. The zero-order valence-corrected chi connectivity index (χ0v) is 13.7. The highest BCUT2D eigenvalue weighted by molar-refractivity contribution is 5.91. The van der Waals surface area contributed by atoms with Crippen molar-refractivity contribution in [3.8, 4) is 0 Å². The lowest BCUT2D eigenvalue weighted by Crippen LogP contribution is -2.32. The predicted octanol–water partition coefficient (Wildman–Crippen LogP) is 2.55. The summed E-state index contributed by atoms with van der Waals surface area (Å²) in [5.41, 5.74) is 5.81. The van der Waals surface area contributed by atoms with Gasteiger partial charge in [-0.3, -0.25) is 4.79 Å². The van der Waals surface area contributed by atoms with Crippen molar-refractivity contribution in [2.45, 2.75) is 56.5 Å². The highest BCUT2D eigenvalue weighted by Crippen LogP contribution is 2.38. The summed E-state index contributed by atoms with van der Waals surface area (Å²) in [4.78, 5) is 28.3. The zero-order chi connectivity index (χ0) is 17.7. The lowest BCUT2D eigenvalue weighted by Gasteiger charge is -2.28. The third kappa shape index (κ3) is 2.72. The first-order valence-corrected chi connectivity index (χ1v) is 8.71. The number of nitrogens with two attached hydrogens (primary N) is 1. The number of nitrogens with zero attached hydrogens (tertiary/aromatic N) is 2. The minimum atomic E-state index is -1.31. The molecule has 0 saturated heterocycles. The average molecular weight is 345 g/mol. The van der Waals surface area contributed by atoms with Crippen LogP contribution in [0.5, 0.6) is 0 Å². The number of halogens is 1. The van der Waals surface area contributed by atoms with Crippen molar-refractivity contribution in [3.05, 3.63) is 39.6 Å². The van der Waals surface area contributed by atoms with Crippen molar-refractivity contribution in [2.24, 2.45) is 5.73 Å². The Morgan fingerprint density at radius 3 is 2.64 bits per heavy atom. The molecule has 0 radical (unpaired) electrons. The number of carboxylic acid groups (broad SMARTS) is 1. The summed E-state index contributed by atoms with van der Waals surface area (Å²) >= 11 is 0. The first kappa shape index (κ1) is 16.2. The molecule has 0 bridgehead atoms. The van der Waals surface area contributed by atoms with E-state index in [1.165, 1.54) is 6.20 Å². The van der Waals surface area contributed by atoms with E-state index in [1.807, 2.05) is 0 Å². The number of fused-ring (bicyclic) bond motifs is 1. The minimum Gasteiger partial charge on any atom is -0.477 e. The zero-order valence-electron chi connectivity index (χ0n) is 13.7. The van der Waals surface area contributed by atoms with Gasteiger partial charge in [0, 0.05) is 24.2 Å². The molecule has 2 aliphatic rings. The Hall–Kier alpha value is -2.28. The van der Waals surface area contributed by atoms with E-state index in [2.05, 4.69) is 4.98 Å². The highest BCUT2D eigenvalue weighted by Gasteiger charge is 2.31. The third-order valence-electron chi connectivity index (χ3n) is 5.33. The smallest absolute Gasteiger partial charge is 0.341 e. The molecule has 4 rings (SSSR count). The van der Waals surface area contributed by atoms with Gasteiger partial charge in [-0.05, 0) is 31.7 Å². The number of hydrogen-bond donors (Lipinski definition) is 2. The fourth-order valence-corrected chi connectivity index (χ4v) is 3.80. The van der Waals surface area contributed by atoms with Crippen LogP contribution in [0.1, 0.15) is 66.5 Å². The normalized spacial score (nSPS) is 23.8. The molecule has 2 atom stereocenters. The van der Waals surface area contributed by atoms with Gasteiger partial charge in [0.15, 0.2) is 0 Å². The van der Waals surface area contributed by atoms with Crippen LogP contribution in [0.2, 0.25) is 0 Å². The Morgan fingerprint density at radius 1 is 1.28 bits per heavy atom. The van der Waals surface area contributed by atoms with Gasteiger partial charge in [0.1, 0.15) is 17.0 Å². The summed E-state index contributed by atoms with van der Waals surface area (Å²) in [5, 5.41) is 9.30. The van der Waals surface area contributed by atoms with E-state index in [1.54, 1.807) is 4.57 Å². The van der Waals surface area contributed by atoms with Gasteiger partial charge in [-0.1, -0.05) is 12.8 Å². The van der Waals surface area contributed by atoms with Crippen LogP contribution in [0.25, 0.3) is 11.0 Å². The second kappa shape index (κ2) is 5.91. The van der Waals surface area contributed by atoms with Crippen molar-refractivity contribution >= 4 is 17.0 Å². The van der Waals surface area contributed by atoms with Crippen molar-refractivity contribution in [2.75, 3.05) is 0 Å². The van der Waals surface area contributed by atoms with Crippen LogP contribution in [0.15, 0.2) is 17.1 Å². The molecule has 132 valence electrons. The van der Waals surface area contributed by atoms with E-state index in [4.69, 9.17) is 5.73 Å². The maximum atomic E-state index is 14.7. The molecule has 0 spiro atoms. The first-order valence-electron chi connectivity index (χ1n) is 8.71. The molecular weight excluding hydrogens is 325 g/mol. The van der Waals surface area contributed by atoms with Gasteiger partial charge in [-0.25, -0.2) is 14.2 Å². The first-order chi connectivity index (χ1) is 12.0. The van der Waals surface area contributed by atoms with Crippen LogP contribution in [0, 0.1) is 5.82 Å². The number of aromatic nitrogens is 2. The number of pyridine rings is 2. The van der Waals surface area contributed by atoms with Gasteiger partial charge in [-0.15, -0.1) is 0 Å². The monoisotopic (exact) mass is 345 g/mol. The molecule has 0 aromatic carbocycles. The fraction of sp³-hybridized carbons (Fsp3) is 0.500. The van der Waals surface area contributed by atoms with Crippen LogP contribution in [0.4, 0.5) is 4.39 Å². The second-order valence-corrected chi connectivity index (χ2v) is 7.10. The predicted molar refractivity (Wildman–Crippen MR) is 90.4 cm³/mol. The lowest BCUT2D eigenvalue weighted by atomic mass is 9.82. The van der Waals surface area contributed by atoms with Crippen LogP contribution in [-0.4, -0.2) is 26.7 Å². The van der Waals surface area contributed by atoms with E-state index >= 15 is 0 Å². The standard InChI is InChI=1S/C18H20FN3O3/c19-13-7-11-16(23)12(18(24)25)8-22(9-5-6-9)17(11)21-15(13)10-3-1-2-4-14(10)20/h7-10,14H,1-6,20H2,(H,24,25). The summed E-state index contributed by atoms with van der Waals surface area (Å²) in [6.07, 6.45) is 6.75. The van der Waals surface area contributed by atoms with Crippen LogP contribution in [-0.2, 0) is 0 Å². The van der Waals surface area contributed by atoms with Crippen molar-refractivity contribution in [1.82, 2.24) is 9.55 Å². The Bertz CT molecular complexity index is 920. The largest absolute Gasteiger partial charge is 0.477 e. The lowest BCUT2D eigenvalue weighted by molar-refractivity contribution is 0.0695. The molecule has 2 aliphatic carbocycles. The molecule has 2 heterocycles. The quantitative estimate of drug-likeness (QED) is 0.891. The summed E-state index contributed by atoms with van der Waals surface area (Å²) in [6, 6.07) is 1.12. The SMILES string of the molecule is NC1CCCCC1c1nc2c(cc1F)c(=O)c(C(=O)O)cn2C1CC1. The summed E-state index contributed by atoms with van der Waals surface area (Å²) in [7, 11) is 0.